The van der Waals surface area contributed by atoms with Crippen LogP contribution in [0.5, 0.6) is 5.88 Å². The number of carboxylic acid groups (broad SMARTS) is 1. The van der Waals surface area contributed by atoms with Gasteiger partial charge >= 0.3 is 12.1 Å². The van der Waals surface area contributed by atoms with E-state index in [4.69, 9.17) is 9.84 Å². The van der Waals surface area contributed by atoms with E-state index >= 15 is 0 Å². The first kappa shape index (κ1) is 15.3. The van der Waals surface area contributed by atoms with E-state index in [1.54, 1.807) is 20.8 Å². The van der Waals surface area contributed by atoms with Crippen LogP contribution in [0, 0.1) is 0 Å². The summed E-state index contributed by atoms with van der Waals surface area (Å²) >= 11 is 0. The van der Waals surface area contributed by atoms with Crippen LogP contribution in [-0.4, -0.2) is 21.7 Å². The molecule has 0 atom stereocenters. The van der Waals surface area contributed by atoms with Crippen molar-refractivity contribution in [3.8, 4) is 5.88 Å². The number of pyridine rings is 1. The molecule has 0 unspecified atom stereocenters. The van der Waals surface area contributed by atoms with Gasteiger partial charge in [-0.25, -0.2) is 9.78 Å². The van der Waals surface area contributed by atoms with E-state index in [1.807, 2.05) is 0 Å². The van der Waals surface area contributed by atoms with Crippen molar-refractivity contribution >= 4 is 5.97 Å². The van der Waals surface area contributed by atoms with Gasteiger partial charge in [0.2, 0.25) is 5.88 Å². The third-order valence-electron chi connectivity index (χ3n) is 2.61. The Morgan fingerprint density at radius 1 is 1.37 bits per heavy atom. The van der Waals surface area contributed by atoms with E-state index in [1.165, 1.54) is 0 Å². The Bertz CT molecular complexity index is 484. The van der Waals surface area contributed by atoms with Crippen LogP contribution in [0.1, 0.15) is 43.2 Å². The lowest BCUT2D eigenvalue weighted by atomic mass is 10.1. The van der Waals surface area contributed by atoms with Crippen molar-refractivity contribution in [2.45, 2.75) is 39.0 Å². The van der Waals surface area contributed by atoms with Crippen LogP contribution in [0.25, 0.3) is 0 Å². The molecule has 0 saturated heterocycles. The molecule has 0 radical (unpaired) electrons. The summed E-state index contributed by atoms with van der Waals surface area (Å²) in [6, 6.07) is 1.47. The summed E-state index contributed by atoms with van der Waals surface area (Å²) in [5, 5.41) is 8.93. The van der Waals surface area contributed by atoms with Gasteiger partial charge in [0, 0.05) is 0 Å². The van der Waals surface area contributed by atoms with Crippen molar-refractivity contribution in [3.63, 3.8) is 0 Å². The fourth-order valence-corrected chi connectivity index (χ4v) is 1.17. The second kappa shape index (κ2) is 5.07. The zero-order chi connectivity index (χ0) is 14.8. The lowest BCUT2D eigenvalue weighted by molar-refractivity contribution is -0.141. The Hall–Kier alpha value is -1.79. The van der Waals surface area contributed by atoms with E-state index in [-0.39, 0.29) is 0 Å². The summed E-state index contributed by atoms with van der Waals surface area (Å²) in [5.41, 5.74) is -2.38. The van der Waals surface area contributed by atoms with Crippen LogP contribution >= 0.6 is 0 Å². The molecule has 0 spiro atoms. The third-order valence-corrected chi connectivity index (χ3v) is 2.61. The molecule has 0 bridgehead atoms. The first-order valence-corrected chi connectivity index (χ1v) is 5.57. The van der Waals surface area contributed by atoms with E-state index in [0.717, 1.165) is 6.07 Å². The quantitative estimate of drug-likeness (QED) is 0.916. The van der Waals surface area contributed by atoms with Crippen LogP contribution in [-0.2, 0) is 6.18 Å². The van der Waals surface area contributed by atoms with Gasteiger partial charge < -0.3 is 9.84 Å². The Labute approximate surface area is 108 Å². The number of ether oxygens (including phenoxy) is 1. The number of nitrogens with zero attached hydrogens (tertiary/aromatic N) is 1. The van der Waals surface area contributed by atoms with Crippen LogP contribution in [0.15, 0.2) is 12.1 Å². The van der Waals surface area contributed by atoms with Crippen LogP contribution in [0.3, 0.4) is 0 Å². The van der Waals surface area contributed by atoms with Gasteiger partial charge in [0.1, 0.15) is 16.9 Å². The van der Waals surface area contributed by atoms with E-state index < -0.39 is 34.9 Å². The van der Waals surface area contributed by atoms with Crippen LogP contribution < -0.4 is 4.74 Å². The molecule has 0 aliphatic heterocycles. The normalized spacial score (nSPS) is 12.3. The summed E-state index contributed by atoms with van der Waals surface area (Å²) < 4.78 is 42.9. The monoisotopic (exact) mass is 277 g/mol. The fraction of sp³-hybridized carbons (Fsp3) is 0.500. The minimum atomic E-state index is -4.65. The van der Waals surface area contributed by atoms with Crippen molar-refractivity contribution in [1.82, 2.24) is 4.98 Å². The van der Waals surface area contributed by atoms with Crippen molar-refractivity contribution in [3.05, 3.63) is 23.4 Å². The summed E-state index contributed by atoms with van der Waals surface area (Å²) in [6.45, 7) is 5.05. The van der Waals surface area contributed by atoms with E-state index in [9.17, 15) is 18.0 Å². The third kappa shape index (κ3) is 3.84. The first-order valence-electron chi connectivity index (χ1n) is 5.57. The van der Waals surface area contributed by atoms with Gasteiger partial charge in [0.25, 0.3) is 0 Å². The number of rotatable bonds is 4. The zero-order valence-electron chi connectivity index (χ0n) is 10.7. The van der Waals surface area contributed by atoms with Gasteiger partial charge in [0.15, 0.2) is 0 Å². The highest BCUT2D eigenvalue weighted by atomic mass is 19.4. The number of carbonyl (C=O) groups is 1. The standard InChI is InChI=1S/C12H14F3NO3/c1-4-11(2,3)19-9-7(10(17)18)5-6-8(16-9)12(13,14)15/h5-6H,4H2,1-3H3,(H,17,18). The van der Waals surface area contributed by atoms with Gasteiger partial charge in [-0.3, -0.25) is 0 Å². The minimum Gasteiger partial charge on any atom is -0.477 e. The molecule has 1 aromatic heterocycles. The molecule has 106 valence electrons. The average molecular weight is 277 g/mol. The topological polar surface area (TPSA) is 59.4 Å². The molecule has 1 heterocycles. The second-order valence-electron chi connectivity index (χ2n) is 4.57. The van der Waals surface area contributed by atoms with Crippen molar-refractivity contribution < 1.29 is 27.8 Å². The lowest BCUT2D eigenvalue weighted by Gasteiger charge is -2.25. The molecular weight excluding hydrogens is 263 g/mol. The Kier molecular flexibility index (Phi) is 4.07. The molecule has 1 aromatic rings. The molecule has 7 heteroatoms. The molecular formula is C12H14F3NO3. The minimum absolute atomic E-state index is 0.394. The zero-order valence-corrected chi connectivity index (χ0v) is 10.7. The van der Waals surface area contributed by atoms with Crippen LogP contribution in [0.4, 0.5) is 13.2 Å². The highest BCUT2D eigenvalue weighted by Crippen LogP contribution is 2.31. The molecule has 1 N–H and O–H groups in total. The number of alkyl halides is 3. The fourth-order valence-electron chi connectivity index (χ4n) is 1.17. The average Bonchev–Trinajstić information content (AvgIpc) is 2.27. The highest BCUT2D eigenvalue weighted by Gasteiger charge is 2.34. The second-order valence-corrected chi connectivity index (χ2v) is 4.57. The van der Waals surface area contributed by atoms with Crippen molar-refractivity contribution in [2.24, 2.45) is 0 Å². The molecule has 0 aliphatic rings. The highest BCUT2D eigenvalue weighted by molar-refractivity contribution is 5.90. The van der Waals surface area contributed by atoms with E-state index in [0.29, 0.717) is 12.5 Å². The lowest BCUT2D eigenvalue weighted by Crippen LogP contribution is -2.28. The maximum Gasteiger partial charge on any atom is 0.433 e. The van der Waals surface area contributed by atoms with E-state index in [2.05, 4.69) is 4.98 Å². The van der Waals surface area contributed by atoms with Gasteiger partial charge in [-0.15, -0.1) is 0 Å². The van der Waals surface area contributed by atoms with Gasteiger partial charge in [-0.1, -0.05) is 6.92 Å². The molecule has 0 saturated carbocycles. The van der Waals surface area contributed by atoms with Gasteiger partial charge in [-0.2, -0.15) is 13.2 Å². The largest absolute Gasteiger partial charge is 0.477 e. The number of carboxylic acids is 1. The maximum absolute atomic E-state index is 12.5. The number of aromatic carboxylic acids is 1. The number of aromatic nitrogens is 1. The smallest absolute Gasteiger partial charge is 0.433 e. The van der Waals surface area contributed by atoms with Gasteiger partial charge in [-0.05, 0) is 32.4 Å². The molecule has 1 rings (SSSR count). The SMILES string of the molecule is CCC(C)(C)Oc1nc(C(F)(F)F)ccc1C(=O)O. The van der Waals surface area contributed by atoms with Crippen molar-refractivity contribution in [2.75, 3.05) is 0 Å². The molecule has 0 amide bonds. The number of halogens is 3. The van der Waals surface area contributed by atoms with Gasteiger partial charge in [0.05, 0.1) is 0 Å². The molecule has 0 fully saturated rings. The summed E-state index contributed by atoms with van der Waals surface area (Å²) in [4.78, 5) is 14.2. The summed E-state index contributed by atoms with van der Waals surface area (Å²) in [6.07, 6.45) is -4.16. The summed E-state index contributed by atoms with van der Waals surface area (Å²) in [7, 11) is 0. The molecule has 19 heavy (non-hydrogen) atoms. The molecule has 4 nitrogen and oxygen atoms in total. The molecule has 0 aliphatic carbocycles. The predicted molar refractivity (Wildman–Crippen MR) is 61.2 cm³/mol. The predicted octanol–water partition coefficient (Wildman–Crippen LogP) is 3.37. The summed E-state index contributed by atoms with van der Waals surface area (Å²) in [5.74, 6) is -1.91. The molecule has 0 aromatic carbocycles. The Morgan fingerprint density at radius 3 is 2.37 bits per heavy atom. The number of hydrogen-bond donors (Lipinski definition) is 1. The number of hydrogen-bond acceptors (Lipinski definition) is 3. The van der Waals surface area contributed by atoms with Crippen molar-refractivity contribution in [1.29, 1.82) is 0 Å². The Morgan fingerprint density at radius 2 is 1.95 bits per heavy atom. The maximum atomic E-state index is 12.5. The first-order chi connectivity index (χ1) is 8.57. The Balaban J connectivity index is 3.28. The van der Waals surface area contributed by atoms with Crippen LogP contribution in [0.2, 0.25) is 0 Å².